The van der Waals surface area contributed by atoms with Crippen molar-refractivity contribution in [2.75, 3.05) is 13.2 Å². The third-order valence-corrected chi connectivity index (χ3v) is 8.04. The summed E-state index contributed by atoms with van der Waals surface area (Å²) in [6.45, 7) is 2.65. The SMILES string of the molecule is CC(C)(C)CCNC(=N)N(C(=O)c1ccc(-c2cnn(C(F)F)c2)cc1)[C@H](COC(=O)NC1(C(F)(F)F)CC1)c1ccc(Cl)c(C#N)c1. The molecule has 1 aliphatic rings. The molecule has 10 nitrogen and oxygen atoms in total. The van der Waals surface area contributed by atoms with Gasteiger partial charge in [-0.15, -0.1) is 0 Å². The largest absolute Gasteiger partial charge is 0.447 e. The standard InChI is InChI=1S/C32H33ClF5N7O3/c1-30(2,3)12-13-41-28(40)45(26(46)20-6-4-19(5-7-20)23-16-42-44(17-23)27(34)35)25(21-8-9-24(33)22(14-21)15-39)18-48-29(47)43-31(10-11-31)32(36,37)38/h4-9,14,16-17,25,27H,10-13,18H2,1-3H3,(H2,40,41)(H,43,47)/t25-/m1/s1. The lowest BCUT2D eigenvalue weighted by atomic mass is 9.92. The average molecular weight is 694 g/mol. The number of alkyl halides is 5. The maximum Gasteiger partial charge on any atom is 0.411 e. The average Bonchev–Trinajstić information content (AvgIpc) is 3.63. The molecule has 16 heteroatoms. The van der Waals surface area contributed by atoms with Crippen LogP contribution in [0.4, 0.5) is 26.7 Å². The second-order valence-corrected chi connectivity index (χ2v) is 12.9. The Balaban J connectivity index is 1.70. The first-order valence-corrected chi connectivity index (χ1v) is 15.1. The van der Waals surface area contributed by atoms with Crippen LogP contribution in [0.2, 0.25) is 5.02 Å². The highest BCUT2D eigenvalue weighted by Crippen LogP contribution is 2.49. The predicted octanol–water partition coefficient (Wildman–Crippen LogP) is 7.44. The van der Waals surface area contributed by atoms with E-state index < -0.39 is 48.9 Å². The summed E-state index contributed by atoms with van der Waals surface area (Å²) in [5.74, 6) is -1.18. The maximum atomic E-state index is 14.2. The van der Waals surface area contributed by atoms with Crippen LogP contribution in [0.15, 0.2) is 54.9 Å². The molecule has 0 aliphatic heterocycles. The van der Waals surface area contributed by atoms with Gasteiger partial charge in [0.25, 0.3) is 5.91 Å². The van der Waals surface area contributed by atoms with Gasteiger partial charge in [0.05, 0.1) is 22.8 Å². The quantitative estimate of drug-likeness (QED) is 0.115. The number of carbonyl (C=O) groups is 2. The Morgan fingerprint density at radius 2 is 1.81 bits per heavy atom. The lowest BCUT2D eigenvalue weighted by Crippen LogP contribution is -2.50. The number of nitriles is 1. The number of carbonyl (C=O) groups excluding carboxylic acids is 2. The molecule has 3 N–H and O–H groups in total. The molecule has 1 aromatic heterocycles. The molecule has 1 heterocycles. The van der Waals surface area contributed by atoms with Crippen LogP contribution in [0.3, 0.4) is 0 Å². The van der Waals surface area contributed by atoms with E-state index in [1.165, 1.54) is 48.7 Å². The summed E-state index contributed by atoms with van der Waals surface area (Å²) in [6, 6.07) is 10.6. The fraction of sp³-hybridized carbons (Fsp3) is 0.406. The van der Waals surface area contributed by atoms with E-state index in [2.05, 4.69) is 10.4 Å². The molecule has 2 aromatic carbocycles. The van der Waals surface area contributed by atoms with Crippen LogP contribution in [0, 0.1) is 22.2 Å². The van der Waals surface area contributed by atoms with Gasteiger partial charge in [-0.25, -0.2) is 9.48 Å². The molecular formula is C32H33ClF5N7O3. The number of nitrogens with one attached hydrogen (secondary N) is 3. The second kappa shape index (κ2) is 14.2. The van der Waals surface area contributed by atoms with Crippen molar-refractivity contribution in [3.8, 4) is 17.2 Å². The summed E-state index contributed by atoms with van der Waals surface area (Å²) in [5, 5.41) is 27.0. The predicted molar refractivity (Wildman–Crippen MR) is 166 cm³/mol. The minimum atomic E-state index is -4.70. The number of alkyl carbamates (subject to hydrolysis) is 1. The summed E-state index contributed by atoms with van der Waals surface area (Å²) in [5.41, 5.74) is -1.48. The van der Waals surface area contributed by atoms with Gasteiger partial charge in [-0.05, 0) is 60.1 Å². The summed E-state index contributed by atoms with van der Waals surface area (Å²) >= 11 is 6.14. The first-order chi connectivity index (χ1) is 22.4. The van der Waals surface area contributed by atoms with Gasteiger partial charge < -0.3 is 15.4 Å². The lowest BCUT2D eigenvalue weighted by Gasteiger charge is -2.33. The number of aromatic nitrogens is 2. The molecule has 1 aliphatic carbocycles. The molecule has 48 heavy (non-hydrogen) atoms. The van der Waals surface area contributed by atoms with Gasteiger partial charge in [0.15, 0.2) is 5.96 Å². The van der Waals surface area contributed by atoms with E-state index in [1.807, 2.05) is 32.2 Å². The van der Waals surface area contributed by atoms with E-state index in [0.29, 0.717) is 22.2 Å². The fourth-order valence-electron chi connectivity index (χ4n) is 4.72. The van der Waals surface area contributed by atoms with Gasteiger partial charge in [0.2, 0.25) is 0 Å². The van der Waals surface area contributed by atoms with Crippen molar-refractivity contribution in [3.63, 3.8) is 0 Å². The second-order valence-electron chi connectivity index (χ2n) is 12.5. The van der Waals surface area contributed by atoms with Gasteiger partial charge in [0, 0.05) is 23.9 Å². The van der Waals surface area contributed by atoms with Gasteiger partial charge in [0.1, 0.15) is 18.2 Å². The lowest BCUT2D eigenvalue weighted by molar-refractivity contribution is -0.164. The van der Waals surface area contributed by atoms with Gasteiger partial charge >= 0.3 is 18.8 Å². The number of ether oxygens (including phenoxy) is 1. The Bertz CT molecular complexity index is 1690. The Labute approximate surface area is 278 Å². The number of benzene rings is 2. The molecular weight excluding hydrogens is 661 g/mol. The highest BCUT2D eigenvalue weighted by atomic mass is 35.5. The van der Waals surface area contributed by atoms with Crippen molar-refractivity contribution in [3.05, 3.63) is 76.6 Å². The number of guanidine groups is 1. The zero-order valence-corrected chi connectivity index (χ0v) is 26.9. The summed E-state index contributed by atoms with van der Waals surface area (Å²) in [6.07, 6.45) is -3.75. The zero-order valence-electron chi connectivity index (χ0n) is 26.2. The summed E-state index contributed by atoms with van der Waals surface area (Å²) < 4.78 is 72.3. The number of hydrogen-bond donors (Lipinski definition) is 3. The molecule has 256 valence electrons. The molecule has 0 saturated heterocycles. The van der Waals surface area contributed by atoms with Gasteiger partial charge in [-0.2, -0.15) is 32.3 Å². The number of hydrogen-bond acceptors (Lipinski definition) is 6. The van der Waals surface area contributed by atoms with Crippen molar-refractivity contribution in [2.45, 2.75) is 64.3 Å². The normalized spacial score (nSPS) is 14.5. The summed E-state index contributed by atoms with van der Waals surface area (Å²) in [7, 11) is 0. The topological polar surface area (TPSA) is 136 Å². The third kappa shape index (κ3) is 8.60. The van der Waals surface area contributed by atoms with Crippen LogP contribution >= 0.6 is 11.6 Å². The van der Waals surface area contributed by atoms with Gasteiger partial charge in [-0.1, -0.05) is 50.6 Å². The smallest absolute Gasteiger partial charge is 0.411 e. The number of halogens is 6. The molecule has 1 atom stereocenters. The first kappa shape index (κ1) is 36.1. The molecule has 0 unspecified atom stereocenters. The molecule has 0 bridgehead atoms. The minimum Gasteiger partial charge on any atom is -0.447 e. The van der Waals surface area contributed by atoms with Crippen molar-refractivity contribution in [1.82, 2.24) is 25.3 Å². The molecule has 3 aromatic rings. The van der Waals surface area contributed by atoms with Crippen LogP contribution in [0.1, 0.15) is 74.1 Å². The Kier molecular flexibility index (Phi) is 10.7. The van der Waals surface area contributed by atoms with Gasteiger partial charge in [-0.3, -0.25) is 15.1 Å². The van der Waals surface area contributed by atoms with Crippen molar-refractivity contribution in [1.29, 1.82) is 10.7 Å². The minimum absolute atomic E-state index is 0.00550. The van der Waals surface area contributed by atoms with Crippen molar-refractivity contribution < 1.29 is 36.3 Å². The Morgan fingerprint density at radius 1 is 1.15 bits per heavy atom. The highest BCUT2D eigenvalue weighted by Gasteiger charge is 2.64. The van der Waals surface area contributed by atoms with Crippen LogP contribution < -0.4 is 10.6 Å². The van der Waals surface area contributed by atoms with Crippen molar-refractivity contribution >= 4 is 29.6 Å². The molecule has 1 fully saturated rings. The van der Waals surface area contributed by atoms with E-state index in [-0.39, 0.29) is 46.5 Å². The first-order valence-electron chi connectivity index (χ1n) is 14.7. The Morgan fingerprint density at radius 3 is 2.35 bits per heavy atom. The van der Waals surface area contributed by atoms with Crippen molar-refractivity contribution in [2.24, 2.45) is 5.41 Å². The summed E-state index contributed by atoms with van der Waals surface area (Å²) in [4.78, 5) is 27.8. The van der Waals surface area contributed by atoms with Crippen LogP contribution in [-0.2, 0) is 4.74 Å². The van der Waals surface area contributed by atoms with Crippen LogP contribution in [0.5, 0.6) is 0 Å². The van der Waals surface area contributed by atoms with Crippen LogP contribution in [-0.4, -0.2) is 57.5 Å². The molecule has 2 amide bonds. The number of amides is 2. The fourth-order valence-corrected chi connectivity index (χ4v) is 4.88. The van der Waals surface area contributed by atoms with E-state index in [1.54, 1.807) is 0 Å². The van der Waals surface area contributed by atoms with E-state index in [9.17, 15) is 36.8 Å². The molecule has 1 saturated carbocycles. The van der Waals surface area contributed by atoms with E-state index in [0.717, 1.165) is 11.1 Å². The molecule has 0 spiro atoms. The zero-order chi connectivity index (χ0) is 35.4. The molecule has 0 radical (unpaired) electrons. The van der Waals surface area contributed by atoms with Crippen LogP contribution in [0.25, 0.3) is 11.1 Å². The molecule has 4 rings (SSSR count). The number of rotatable bonds is 10. The Hall–Kier alpha value is -4.71. The maximum absolute atomic E-state index is 14.2. The third-order valence-electron chi connectivity index (χ3n) is 7.71. The number of nitrogens with zero attached hydrogens (tertiary/aromatic N) is 4. The van der Waals surface area contributed by atoms with E-state index >= 15 is 0 Å². The highest BCUT2D eigenvalue weighted by molar-refractivity contribution is 6.31. The van der Waals surface area contributed by atoms with E-state index in [4.69, 9.17) is 21.7 Å². The monoisotopic (exact) mass is 693 g/mol.